The quantitative estimate of drug-likeness (QED) is 0.308. The fraction of sp³-hybridized carbons (Fsp3) is 0.333. The molecule has 6 N–H and O–H groups in total. The molecule has 0 unspecified atom stereocenters. The second-order valence-electron chi connectivity index (χ2n) is 6.34. The lowest BCUT2D eigenvalue weighted by molar-refractivity contribution is -0.170. The van der Waals surface area contributed by atoms with Crippen molar-refractivity contribution in [2.75, 3.05) is 0 Å². The van der Waals surface area contributed by atoms with Gasteiger partial charge in [0, 0.05) is 0 Å². The standard InChI is InChI=1S/C12H12N2O3.C6H8O7/c1-2-12(8-6-4-3-5-7-8)9(15)13-11(17)14-10(12)16;7-3(8)1-6(13,5(11)12)2-4(9)10/h3-7H,2H2,1H3,(H2,13,14,15,16,17);13H,1-2H2,(H,7,8)(H,9,10)(H,11,12). The Balaban J connectivity index is 0.000000314. The van der Waals surface area contributed by atoms with E-state index in [-0.39, 0.29) is 0 Å². The lowest BCUT2D eigenvalue weighted by Gasteiger charge is -2.33. The smallest absolute Gasteiger partial charge is 0.336 e. The van der Waals surface area contributed by atoms with E-state index in [0.29, 0.717) is 12.0 Å². The summed E-state index contributed by atoms with van der Waals surface area (Å²) in [5.74, 6) is -6.16. The third kappa shape index (κ3) is 5.38. The highest BCUT2D eigenvalue weighted by Gasteiger charge is 2.50. The van der Waals surface area contributed by atoms with Crippen molar-refractivity contribution in [1.82, 2.24) is 10.6 Å². The highest BCUT2D eigenvalue weighted by atomic mass is 16.4. The second kappa shape index (κ2) is 9.60. The van der Waals surface area contributed by atoms with Gasteiger partial charge in [-0.15, -0.1) is 0 Å². The van der Waals surface area contributed by atoms with E-state index < -0.39 is 59.6 Å². The summed E-state index contributed by atoms with van der Waals surface area (Å²) in [7, 11) is 0. The zero-order valence-corrected chi connectivity index (χ0v) is 15.7. The largest absolute Gasteiger partial charge is 0.481 e. The van der Waals surface area contributed by atoms with Crippen molar-refractivity contribution >= 4 is 35.8 Å². The number of barbiturate groups is 1. The Labute approximate surface area is 169 Å². The normalized spacial score (nSPS) is 15.2. The molecule has 30 heavy (non-hydrogen) atoms. The highest BCUT2D eigenvalue weighted by Crippen LogP contribution is 2.30. The van der Waals surface area contributed by atoms with Crippen LogP contribution in [0.2, 0.25) is 0 Å². The average Bonchev–Trinajstić information content (AvgIpc) is 2.61. The third-order valence-corrected chi connectivity index (χ3v) is 4.31. The van der Waals surface area contributed by atoms with Crippen molar-refractivity contribution in [1.29, 1.82) is 0 Å². The molecule has 0 radical (unpaired) electrons. The first-order valence-corrected chi connectivity index (χ1v) is 8.50. The van der Waals surface area contributed by atoms with E-state index in [0.717, 1.165) is 0 Å². The second-order valence-corrected chi connectivity index (χ2v) is 6.34. The molecule has 2 rings (SSSR count). The van der Waals surface area contributed by atoms with Crippen LogP contribution in [-0.2, 0) is 29.4 Å². The van der Waals surface area contributed by atoms with Gasteiger partial charge >= 0.3 is 23.9 Å². The molecule has 1 aliphatic rings. The van der Waals surface area contributed by atoms with Gasteiger partial charge in [-0.3, -0.25) is 29.8 Å². The van der Waals surface area contributed by atoms with E-state index in [1.807, 2.05) is 0 Å². The van der Waals surface area contributed by atoms with Gasteiger partial charge in [-0.1, -0.05) is 37.3 Å². The number of aliphatic carboxylic acids is 3. The number of imide groups is 2. The van der Waals surface area contributed by atoms with Crippen LogP contribution >= 0.6 is 0 Å². The predicted molar refractivity (Wildman–Crippen MR) is 97.2 cm³/mol. The molecular weight excluding hydrogens is 404 g/mol. The third-order valence-electron chi connectivity index (χ3n) is 4.31. The van der Waals surface area contributed by atoms with Crippen LogP contribution in [0.15, 0.2) is 30.3 Å². The van der Waals surface area contributed by atoms with Gasteiger partial charge in [0.25, 0.3) is 0 Å². The van der Waals surface area contributed by atoms with Gasteiger partial charge < -0.3 is 20.4 Å². The molecule has 1 aromatic rings. The molecule has 0 spiro atoms. The Bertz CT molecular complexity index is 829. The zero-order chi connectivity index (χ0) is 23.1. The summed E-state index contributed by atoms with van der Waals surface area (Å²) in [6.45, 7) is 1.74. The highest BCUT2D eigenvalue weighted by molar-refractivity contribution is 6.22. The minimum absolute atomic E-state index is 0.294. The molecule has 1 aliphatic heterocycles. The summed E-state index contributed by atoms with van der Waals surface area (Å²) in [5, 5.41) is 38.1. The van der Waals surface area contributed by atoms with Gasteiger partial charge in [-0.05, 0) is 12.0 Å². The van der Waals surface area contributed by atoms with Crippen LogP contribution in [0.1, 0.15) is 31.7 Å². The molecule has 0 atom stereocenters. The number of carbonyl (C=O) groups is 6. The molecule has 1 fully saturated rings. The molecule has 1 saturated heterocycles. The van der Waals surface area contributed by atoms with Crippen LogP contribution in [0.4, 0.5) is 4.79 Å². The lowest BCUT2D eigenvalue weighted by atomic mass is 9.75. The number of aliphatic hydroxyl groups is 1. The molecule has 4 amide bonds. The van der Waals surface area contributed by atoms with Gasteiger partial charge in [-0.25, -0.2) is 9.59 Å². The molecule has 162 valence electrons. The first kappa shape index (κ1) is 24.2. The number of hydrogen-bond donors (Lipinski definition) is 6. The predicted octanol–water partition coefficient (Wildman–Crippen LogP) is -0.548. The summed E-state index contributed by atoms with van der Waals surface area (Å²) in [6, 6.07) is 7.96. The Kier molecular flexibility index (Phi) is 7.76. The van der Waals surface area contributed by atoms with Crippen molar-refractivity contribution < 1.29 is 49.2 Å². The number of carboxylic acid groups (broad SMARTS) is 3. The van der Waals surface area contributed by atoms with Crippen molar-refractivity contribution in [2.45, 2.75) is 37.2 Å². The molecule has 12 heteroatoms. The summed E-state index contributed by atoms with van der Waals surface area (Å²) < 4.78 is 0. The van der Waals surface area contributed by atoms with Gasteiger partial charge in [-0.2, -0.15) is 0 Å². The van der Waals surface area contributed by atoms with E-state index in [4.69, 9.17) is 20.4 Å². The van der Waals surface area contributed by atoms with E-state index in [1.165, 1.54) is 0 Å². The minimum atomic E-state index is -2.74. The average molecular weight is 424 g/mol. The minimum Gasteiger partial charge on any atom is -0.481 e. The molecule has 1 aromatic carbocycles. The van der Waals surface area contributed by atoms with E-state index in [9.17, 15) is 28.8 Å². The Hall–Kier alpha value is -3.80. The number of urea groups is 1. The molecule has 0 bridgehead atoms. The van der Waals surface area contributed by atoms with Crippen molar-refractivity contribution in [2.24, 2.45) is 0 Å². The number of nitrogens with one attached hydrogen (secondary N) is 2. The molecule has 0 aromatic heterocycles. The van der Waals surface area contributed by atoms with Crippen LogP contribution in [0.25, 0.3) is 0 Å². The van der Waals surface area contributed by atoms with Gasteiger partial charge in [0.2, 0.25) is 11.8 Å². The fourth-order valence-electron chi connectivity index (χ4n) is 2.78. The number of rotatable bonds is 7. The van der Waals surface area contributed by atoms with Crippen LogP contribution < -0.4 is 10.6 Å². The zero-order valence-electron chi connectivity index (χ0n) is 15.7. The number of amides is 4. The number of carbonyl (C=O) groups excluding carboxylic acids is 3. The number of carboxylic acids is 3. The van der Waals surface area contributed by atoms with Crippen molar-refractivity contribution in [3.8, 4) is 0 Å². The summed E-state index contributed by atoms with van der Waals surface area (Å²) in [6.07, 6.45) is -1.99. The maximum Gasteiger partial charge on any atom is 0.336 e. The Morgan fingerprint density at radius 3 is 1.67 bits per heavy atom. The fourth-order valence-corrected chi connectivity index (χ4v) is 2.78. The Morgan fingerprint density at radius 2 is 1.33 bits per heavy atom. The van der Waals surface area contributed by atoms with E-state index in [2.05, 4.69) is 10.6 Å². The summed E-state index contributed by atoms with van der Waals surface area (Å²) >= 11 is 0. The van der Waals surface area contributed by atoms with Gasteiger partial charge in [0.05, 0.1) is 12.8 Å². The SMILES string of the molecule is CCC1(c2ccccc2)C(=O)NC(=O)NC1=O.O=C(O)CC(O)(CC(=O)O)C(=O)O. The molecule has 0 aliphatic carbocycles. The first-order valence-electron chi connectivity index (χ1n) is 8.50. The van der Waals surface area contributed by atoms with Crippen LogP contribution in [0.5, 0.6) is 0 Å². The maximum absolute atomic E-state index is 12.0. The van der Waals surface area contributed by atoms with Gasteiger partial charge in [0.1, 0.15) is 0 Å². The summed E-state index contributed by atoms with van der Waals surface area (Å²) in [5.41, 5.74) is -3.46. The molecule has 12 nitrogen and oxygen atoms in total. The number of benzene rings is 1. The van der Waals surface area contributed by atoms with Gasteiger partial charge in [0.15, 0.2) is 11.0 Å². The monoisotopic (exact) mass is 424 g/mol. The van der Waals surface area contributed by atoms with E-state index >= 15 is 0 Å². The van der Waals surface area contributed by atoms with Crippen molar-refractivity contribution in [3.63, 3.8) is 0 Å². The van der Waals surface area contributed by atoms with Crippen LogP contribution in [-0.4, -0.2) is 61.8 Å². The molecular formula is C18H20N2O10. The van der Waals surface area contributed by atoms with Crippen LogP contribution in [0, 0.1) is 0 Å². The summed E-state index contributed by atoms with van der Waals surface area (Å²) in [4.78, 5) is 65.5. The lowest BCUT2D eigenvalue weighted by Crippen LogP contribution is -2.64. The molecule has 1 heterocycles. The van der Waals surface area contributed by atoms with Crippen LogP contribution in [0.3, 0.4) is 0 Å². The first-order chi connectivity index (χ1) is 13.9. The van der Waals surface area contributed by atoms with Crippen molar-refractivity contribution in [3.05, 3.63) is 35.9 Å². The molecule has 0 saturated carbocycles. The van der Waals surface area contributed by atoms with E-state index in [1.54, 1.807) is 37.3 Å². The topological polar surface area (TPSA) is 207 Å². The Morgan fingerprint density at radius 1 is 0.900 bits per heavy atom. The maximum atomic E-state index is 12.0. The number of hydrogen-bond acceptors (Lipinski definition) is 7.